The molecule has 6 saturated carbocycles. The molecule has 6 heteroatoms. The normalized spacial score (nSPS) is 38.8. The first-order valence-electron chi connectivity index (χ1n) is 31.5. The first-order chi connectivity index (χ1) is 34.5. The van der Waals surface area contributed by atoms with E-state index in [4.69, 9.17) is 18.9 Å². The fourth-order valence-corrected chi connectivity index (χ4v) is 19.4. The van der Waals surface area contributed by atoms with E-state index in [2.05, 4.69) is 81.4 Å². The first kappa shape index (κ1) is 56.2. The molecule has 0 unspecified atom stereocenters. The van der Waals surface area contributed by atoms with Gasteiger partial charge < -0.3 is 18.9 Å². The maximum Gasteiger partial charge on any atom is 0.508 e. The highest BCUT2D eigenvalue weighted by atomic mass is 16.7. The predicted molar refractivity (Wildman–Crippen MR) is 295 cm³/mol. The Kier molecular flexibility index (Phi) is 19.2. The van der Waals surface area contributed by atoms with E-state index in [-0.39, 0.29) is 23.0 Å². The van der Waals surface area contributed by atoms with Gasteiger partial charge in [-0.25, -0.2) is 9.59 Å². The summed E-state index contributed by atoms with van der Waals surface area (Å²) in [5.41, 5.74) is 4.69. The fraction of sp³-hybridized carbons (Fsp3) is 0.909. The third-order valence-electron chi connectivity index (χ3n) is 23.5. The summed E-state index contributed by atoms with van der Waals surface area (Å²) in [6.45, 7) is 26.0. The van der Waals surface area contributed by atoms with Crippen LogP contribution in [0.2, 0.25) is 0 Å². The topological polar surface area (TPSA) is 71.1 Å². The van der Waals surface area contributed by atoms with Crippen molar-refractivity contribution in [1.82, 2.24) is 0 Å². The van der Waals surface area contributed by atoms with Gasteiger partial charge in [0.1, 0.15) is 12.2 Å². The largest absolute Gasteiger partial charge is 0.508 e. The molecule has 0 radical (unpaired) electrons. The average molecular weight is 1000 g/mol. The van der Waals surface area contributed by atoms with Gasteiger partial charge >= 0.3 is 12.3 Å². The number of unbranched alkanes of at least 4 members (excludes halogenated alkanes) is 7. The van der Waals surface area contributed by atoms with Crippen LogP contribution in [0, 0.1) is 92.7 Å². The molecule has 6 fully saturated rings. The summed E-state index contributed by atoms with van der Waals surface area (Å²) in [5, 5.41) is 0. The monoisotopic (exact) mass is 999 g/mol. The molecule has 0 heterocycles. The molecule has 8 aliphatic carbocycles. The minimum atomic E-state index is -0.473. The van der Waals surface area contributed by atoms with Crippen LogP contribution in [-0.4, -0.2) is 37.7 Å². The Morgan fingerprint density at radius 2 is 0.861 bits per heavy atom. The molecule has 0 aromatic heterocycles. The Morgan fingerprint density at radius 3 is 1.25 bits per heavy atom. The first-order valence-corrected chi connectivity index (χ1v) is 31.5. The highest BCUT2D eigenvalue weighted by Crippen LogP contribution is 2.69. The van der Waals surface area contributed by atoms with Crippen molar-refractivity contribution < 1.29 is 28.5 Å². The molecule has 8 rings (SSSR count). The van der Waals surface area contributed by atoms with Gasteiger partial charge in [-0.2, -0.15) is 0 Å². The molecular weight excluding hydrogens is 889 g/mol. The zero-order chi connectivity index (χ0) is 51.3. The van der Waals surface area contributed by atoms with Crippen molar-refractivity contribution in [3.63, 3.8) is 0 Å². The second kappa shape index (κ2) is 24.6. The van der Waals surface area contributed by atoms with Crippen molar-refractivity contribution in [1.29, 1.82) is 0 Å². The number of ether oxygens (including phenoxy) is 4. The van der Waals surface area contributed by atoms with Crippen molar-refractivity contribution in [2.24, 2.45) is 92.7 Å². The summed E-state index contributed by atoms with van der Waals surface area (Å²) in [5.74, 6) is 10.1. The van der Waals surface area contributed by atoms with E-state index < -0.39 is 12.3 Å². The molecule has 410 valence electrons. The van der Waals surface area contributed by atoms with Crippen LogP contribution < -0.4 is 0 Å². The smallest absolute Gasteiger partial charge is 0.434 e. The van der Waals surface area contributed by atoms with E-state index >= 15 is 0 Å². The molecule has 72 heavy (non-hydrogen) atoms. The Balaban J connectivity index is 0.643. The van der Waals surface area contributed by atoms with Gasteiger partial charge in [0.2, 0.25) is 0 Å². The van der Waals surface area contributed by atoms with E-state index in [0.717, 1.165) is 148 Å². The highest BCUT2D eigenvalue weighted by Gasteiger charge is 2.61. The Hall–Kier alpha value is -1.98. The molecule has 8 aliphatic rings. The van der Waals surface area contributed by atoms with Crippen molar-refractivity contribution >= 4 is 12.3 Å². The molecule has 16 atom stereocenters. The van der Waals surface area contributed by atoms with Crippen LogP contribution >= 0.6 is 0 Å². The van der Waals surface area contributed by atoms with Crippen molar-refractivity contribution in [3.8, 4) is 0 Å². The van der Waals surface area contributed by atoms with Gasteiger partial charge in [-0.05, 0) is 195 Å². The molecule has 0 saturated heterocycles. The van der Waals surface area contributed by atoms with Crippen LogP contribution in [0.1, 0.15) is 262 Å². The number of carbonyl (C=O) groups excluding carboxylic acids is 2. The van der Waals surface area contributed by atoms with Gasteiger partial charge in [-0.1, -0.05) is 170 Å². The summed E-state index contributed by atoms with van der Waals surface area (Å²) < 4.78 is 23.1. The van der Waals surface area contributed by atoms with E-state index in [1.54, 1.807) is 11.1 Å². The number of hydrogen-bond acceptors (Lipinski definition) is 6. The number of fused-ring (bicyclic) bond motifs is 10. The third kappa shape index (κ3) is 12.4. The van der Waals surface area contributed by atoms with Gasteiger partial charge in [0.05, 0.1) is 13.2 Å². The lowest BCUT2D eigenvalue weighted by molar-refractivity contribution is -0.0617. The maximum atomic E-state index is 12.8. The molecule has 0 amide bonds. The zero-order valence-corrected chi connectivity index (χ0v) is 48.3. The van der Waals surface area contributed by atoms with Gasteiger partial charge in [-0.3, -0.25) is 0 Å². The van der Waals surface area contributed by atoms with Crippen molar-refractivity contribution in [3.05, 3.63) is 23.3 Å². The second-order valence-corrected chi connectivity index (χ2v) is 28.6. The molecule has 0 aliphatic heterocycles. The van der Waals surface area contributed by atoms with E-state index in [0.29, 0.717) is 24.0 Å². The van der Waals surface area contributed by atoms with Crippen molar-refractivity contribution in [2.45, 2.75) is 274 Å². The fourth-order valence-electron chi connectivity index (χ4n) is 19.4. The van der Waals surface area contributed by atoms with Crippen LogP contribution in [0.4, 0.5) is 9.59 Å². The Labute approximate surface area is 442 Å². The van der Waals surface area contributed by atoms with Crippen LogP contribution in [0.25, 0.3) is 0 Å². The minimum Gasteiger partial charge on any atom is -0.434 e. The van der Waals surface area contributed by atoms with Crippen molar-refractivity contribution in [2.75, 3.05) is 13.2 Å². The van der Waals surface area contributed by atoms with E-state index in [1.807, 2.05) is 0 Å². The Morgan fingerprint density at radius 1 is 0.472 bits per heavy atom. The summed E-state index contributed by atoms with van der Waals surface area (Å²) in [6, 6.07) is 0. The third-order valence-corrected chi connectivity index (χ3v) is 23.5. The Bertz CT molecular complexity index is 1700. The van der Waals surface area contributed by atoms with Crippen LogP contribution in [0.15, 0.2) is 23.3 Å². The van der Waals surface area contributed by atoms with Crippen LogP contribution in [-0.2, 0) is 18.9 Å². The van der Waals surface area contributed by atoms with E-state index in [9.17, 15) is 9.59 Å². The lowest BCUT2D eigenvalue weighted by Crippen LogP contribution is -2.51. The summed E-state index contributed by atoms with van der Waals surface area (Å²) in [7, 11) is 0. The molecular formula is C66H110O6. The highest BCUT2D eigenvalue weighted by molar-refractivity contribution is 5.60. The zero-order valence-electron chi connectivity index (χ0n) is 48.3. The summed E-state index contributed by atoms with van der Waals surface area (Å²) in [4.78, 5) is 25.6. The number of carbonyl (C=O) groups is 2. The van der Waals surface area contributed by atoms with Crippen LogP contribution in [0.3, 0.4) is 0 Å². The second-order valence-electron chi connectivity index (χ2n) is 28.6. The minimum absolute atomic E-state index is 0.0516. The number of allylic oxidation sites excluding steroid dienone is 2. The average Bonchev–Trinajstić information content (AvgIpc) is 3.89. The van der Waals surface area contributed by atoms with E-state index in [1.165, 1.54) is 116 Å². The lowest BCUT2D eigenvalue weighted by atomic mass is 9.47. The summed E-state index contributed by atoms with van der Waals surface area (Å²) >= 11 is 0. The van der Waals surface area contributed by atoms with Gasteiger partial charge in [-0.15, -0.1) is 0 Å². The molecule has 0 aromatic carbocycles. The van der Waals surface area contributed by atoms with Gasteiger partial charge in [0.25, 0.3) is 0 Å². The summed E-state index contributed by atoms with van der Waals surface area (Å²) in [6.07, 6.45) is 40.8. The molecule has 0 aromatic rings. The predicted octanol–water partition coefficient (Wildman–Crippen LogP) is 19.2. The number of rotatable bonds is 23. The maximum absolute atomic E-state index is 12.8. The molecule has 0 bridgehead atoms. The molecule has 0 N–H and O–H groups in total. The standard InChI is InChI=1S/C66H110O6/c1-45(2)21-19-23-47(5)55-29-31-57-53-27-25-49-43-51(33-37-63(49,7)59(53)35-39-65(55,57)9)71-61(67)69-41-17-15-13-11-12-14-16-18-42-70-62(68)72-52-34-38-64(8)50(44-52)26-28-54-58-32-30-56(48(6)24-20-22-46(3)4)66(58,10)40-36-60(54)64/h25-26,45-48,51-60H,11-24,27-44H2,1-10H3/t47-,48-,51+,52+,53+,54+,55-,56-,57+,58+,59+,60+,63+,64+,65-,66-/m1/s1. The quantitative estimate of drug-likeness (QED) is 0.0577. The molecule has 6 nitrogen and oxygen atoms in total. The SMILES string of the molecule is CC(C)CCC[C@@H](C)[C@H]1CC[C@H]2[C@@H]3CC=C4C[C@@H](OC(=O)OCCCCCCCCCCOC(=O)O[C@H]5CC[C@@]6(C)C(=CC[C@H]7[C@@H]8CC[C@H]([C@H](C)CCCC(C)C)[C@@]8(C)CC[C@@H]76)C5)CC[C@]4(C)[C@H]3CC[C@]12C. The van der Waals surface area contributed by atoms with Crippen LogP contribution in [0.5, 0.6) is 0 Å². The lowest BCUT2D eigenvalue weighted by Gasteiger charge is -2.58. The number of hydrogen-bond donors (Lipinski definition) is 0. The van der Waals surface area contributed by atoms with Gasteiger partial charge in [0, 0.05) is 12.8 Å². The molecule has 0 spiro atoms. The van der Waals surface area contributed by atoms with Gasteiger partial charge in [0.15, 0.2) is 0 Å².